The van der Waals surface area contributed by atoms with Crippen molar-refractivity contribution in [1.29, 1.82) is 0 Å². The van der Waals surface area contributed by atoms with Crippen LogP contribution in [0.1, 0.15) is 32.3 Å². The van der Waals surface area contributed by atoms with Crippen molar-refractivity contribution in [1.82, 2.24) is 30.5 Å². The zero-order valence-electron chi connectivity index (χ0n) is 23.5. The van der Waals surface area contributed by atoms with E-state index < -0.39 is 41.5 Å². The number of nitrogens with zero attached hydrogens (tertiary/aromatic N) is 4. The van der Waals surface area contributed by atoms with Gasteiger partial charge in [0.2, 0.25) is 17.7 Å². The first-order valence-electron chi connectivity index (χ1n) is 14.4. The van der Waals surface area contributed by atoms with Crippen LogP contribution in [-0.4, -0.2) is 77.9 Å². The summed E-state index contributed by atoms with van der Waals surface area (Å²) in [7, 11) is 0. The fourth-order valence-corrected chi connectivity index (χ4v) is 8.01. The fourth-order valence-electron chi connectivity index (χ4n) is 7.07. The predicted molar refractivity (Wildman–Crippen MR) is 157 cm³/mol. The third-order valence-corrected chi connectivity index (χ3v) is 9.60. The van der Waals surface area contributed by atoms with E-state index in [1.54, 1.807) is 4.68 Å². The molecule has 3 unspecified atom stereocenters. The summed E-state index contributed by atoms with van der Waals surface area (Å²) in [6.45, 7) is 4.05. The number of nitrogens with one attached hydrogen (secondary N) is 2. The number of aliphatic hydroxyl groups excluding tert-OH is 1. The Morgan fingerprint density at radius 1 is 1.12 bits per heavy atom. The second-order valence-electron chi connectivity index (χ2n) is 11.9. The molecule has 1 aromatic heterocycles. The molecule has 0 aliphatic carbocycles. The Bertz CT molecular complexity index is 1480. The van der Waals surface area contributed by atoms with Crippen molar-refractivity contribution in [2.45, 2.75) is 68.5 Å². The fraction of sp³-hybridized carbons (Fsp3) is 0.500. The Kier molecular flexibility index (Phi) is 7.79. The number of hydrogen-bond acceptors (Lipinski definition) is 7. The van der Waals surface area contributed by atoms with Crippen LogP contribution in [0.2, 0.25) is 0 Å². The monoisotopic (exact) mass is 638 g/mol. The molecule has 42 heavy (non-hydrogen) atoms. The second kappa shape index (κ2) is 11.4. The Hall–Kier alpha value is -3.35. The van der Waals surface area contributed by atoms with Gasteiger partial charge in [-0.3, -0.25) is 14.4 Å². The molecule has 3 saturated heterocycles. The summed E-state index contributed by atoms with van der Waals surface area (Å²) in [5, 5.41) is 24.7. The van der Waals surface area contributed by atoms with Gasteiger partial charge in [0.1, 0.15) is 23.8 Å². The zero-order chi connectivity index (χ0) is 29.6. The highest BCUT2D eigenvalue weighted by Crippen LogP contribution is 2.60. The Balaban J connectivity index is 1.31. The molecular weight excluding hydrogens is 604 g/mol. The third kappa shape index (κ3) is 4.79. The van der Waals surface area contributed by atoms with Gasteiger partial charge in [-0.2, -0.15) is 0 Å². The predicted octanol–water partition coefficient (Wildman–Crippen LogP) is 1.98. The number of para-hydroxylation sites is 1. The van der Waals surface area contributed by atoms with Crippen LogP contribution >= 0.6 is 15.9 Å². The highest BCUT2D eigenvalue weighted by Gasteiger charge is 2.77. The number of benzene rings is 2. The number of rotatable bonds is 10. The third-order valence-electron chi connectivity index (χ3n) is 8.76. The number of hydrogen-bond donors (Lipinski definition) is 3. The molecule has 3 aromatic rings. The van der Waals surface area contributed by atoms with Gasteiger partial charge in [0.15, 0.2) is 0 Å². The normalized spacial score (nSPS) is 28.8. The van der Waals surface area contributed by atoms with Crippen LogP contribution in [0.15, 0.2) is 54.6 Å². The lowest BCUT2D eigenvalue weighted by Gasteiger charge is -2.37. The van der Waals surface area contributed by atoms with Crippen molar-refractivity contribution in [3.63, 3.8) is 0 Å². The average molecular weight is 640 g/mol. The van der Waals surface area contributed by atoms with E-state index in [0.717, 1.165) is 11.1 Å². The van der Waals surface area contributed by atoms with Crippen LogP contribution in [-0.2, 0) is 32.3 Å². The maximum atomic E-state index is 14.3. The highest BCUT2D eigenvalue weighted by atomic mass is 79.9. The number of carbonyl (C=O) groups is 3. The van der Waals surface area contributed by atoms with E-state index in [4.69, 9.17) is 4.74 Å². The van der Waals surface area contributed by atoms with Crippen molar-refractivity contribution in [3.05, 3.63) is 60.2 Å². The minimum atomic E-state index is -1.22. The minimum absolute atomic E-state index is 0.0365. The summed E-state index contributed by atoms with van der Waals surface area (Å²) >= 11 is 3.70. The molecule has 3 fully saturated rings. The number of aliphatic hydroxyl groups is 1. The van der Waals surface area contributed by atoms with Gasteiger partial charge in [0.25, 0.3) is 0 Å². The van der Waals surface area contributed by atoms with Crippen LogP contribution in [0.4, 0.5) is 0 Å². The molecule has 0 radical (unpaired) electrons. The molecule has 3 N–H and O–H groups in total. The lowest BCUT2D eigenvalue weighted by molar-refractivity contribution is -0.146. The van der Waals surface area contributed by atoms with Crippen molar-refractivity contribution in [2.24, 2.45) is 17.8 Å². The smallest absolute Gasteiger partial charge is 0.247 e. The van der Waals surface area contributed by atoms with Crippen molar-refractivity contribution in [2.75, 3.05) is 6.61 Å². The van der Waals surface area contributed by atoms with E-state index in [-0.39, 0.29) is 35.8 Å². The molecule has 3 aliphatic rings. The summed E-state index contributed by atoms with van der Waals surface area (Å²) in [4.78, 5) is 43.4. The summed E-state index contributed by atoms with van der Waals surface area (Å²) in [6, 6.07) is 15.3. The van der Waals surface area contributed by atoms with E-state index >= 15 is 0 Å². The maximum absolute atomic E-state index is 14.3. The maximum Gasteiger partial charge on any atom is 0.247 e. The quantitative estimate of drug-likeness (QED) is 0.289. The summed E-state index contributed by atoms with van der Waals surface area (Å²) in [5.41, 5.74) is 1.18. The number of alkyl halides is 1. The van der Waals surface area contributed by atoms with Crippen molar-refractivity contribution in [3.8, 4) is 0 Å². The molecule has 4 heterocycles. The number of amides is 3. The molecule has 7 atom stereocenters. The Morgan fingerprint density at radius 3 is 2.60 bits per heavy atom. The van der Waals surface area contributed by atoms with Crippen molar-refractivity contribution >= 4 is 44.7 Å². The van der Waals surface area contributed by atoms with E-state index in [2.05, 4.69) is 36.9 Å². The molecule has 2 aromatic carbocycles. The molecule has 3 amide bonds. The SMILES string of the molecule is CC(C)C[C@H](CO)N1C(=O)[C@@H]2[C@H](C(=O)NCc3ccccc3)[C@H]3OC2(CC3Br)C1C(=O)NCn1nnc2ccccc21. The van der Waals surface area contributed by atoms with Crippen LogP contribution < -0.4 is 10.6 Å². The standard InChI is InChI=1S/C30H35BrN6O5/c1-17(2)12-19(15-38)37-26(28(40)33-16-36-22-11-7-6-10-21(22)34-35-36)30-13-20(31)25(42-30)23(24(30)29(37)41)27(39)32-14-18-8-4-3-5-9-18/h3-11,17,19-20,23-26,38H,12-16H2,1-2H3,(H,32,39)(H,33,40)/t19-,20?,23+,24+,25+,26?,30?/m1/s1. The number of carbonyl (C=O) groups excluding carboxylic acids is 3. The van der Waals surface area contributed by atoms with Gasteiger partial charge < -0.3 is 25.4 Å². The topological polar surface area (TPSA) is 139 Å². The molecule has 2 bridgehead atoms. The average Bonchev–Trinajstić information content (AvgIpc) is 3.71. The molecule has 222 valence electrons. The van der Waals surface area contributed by atoms with Crippen LogP contribution in [0.3, 0.4) is 0 Å². The Labute approximate surface area is 252 Å². The van der Waals surface area contributed by atoms with Gasteiger partial charge in [0.05, 0.1) is 36.1 Å². The molecule has 6 rings (SSSR count). The number of fused-ring (bicyclic) bond motifs is 2. The van der Waals surface area contributed by atoms with Crippen LogP contribution in [0, 0.1) is 17.8 Å². The first kappa shape index (κ1) is 28.8. The lowest BCUT2D eigenvalue weighted by atomic mass is 9.70. The van der Waals surface area contributed by atoms with Crippen LogP contribution in [0.5, 0.6) is 0 Å². The van der Waals surface area contributed by atoms with Gasteiger partial charge in [-0.1, -0.05) is 77.5 Å². The van der Waals surface area contributed by atoms with Crippen molar-refractivity contribution < 1.29 is 24.2 Å². The highest BCUT2D eigenvalue weighted by molar-refractivity contribution is 9.09. The molecular formula is C30H35BrN6O5. The summed E-state index contributed by atoms with van der Waals surface area (Å²) < 4.78 is 8.16. The minimum Gasteiger partial charge on any atom is -0.394 e. The van der Waals surface area contributed by atoms with Crippen LogP contribution in [0.25, 0.3) is 11.0 Å². The molecule has 3 aliphatic heterocycles. The van der Waals surface area contributed by atoms with Gasteiger partial charge in [-0.25, -0.2) is 4.68 Å². The molecule has 1 spiro atoms. The first-order chi connectivity index (χ1) is 20.2. The summed E-state index contributed by atoms with van der Waals surface area (Å²) in [5.74, 6) is -2.51. The zero-order valence-corrected chi connectivity index (χ0v) is 25.1. The Morgan fingerprint density at radius 2 is 1.86 bits per heavy atom. The number of likely N-dealkylation sites (tertiary alicyclic amines) is 1. The number of halogens is 1. The number of aromatic nitrogens is 3. The van der Waals surface area contributed by atoms with Gasteiger partial charge in [-0.15, -0.1) is 5.10 Å². The van der Waals surface area contributed by atoms with E-state index in [9.17, 15) is 19.5 Å². The molecule has 12 heteroatoms. The largest absolute Gasteiger partial charge is 0.394 e. The van der Waals surface area contributed by atoms with Gasteiger partial charge in [0, 0.05) is 11.4 Å². The first-order valence-corrected chi connectivity index (χ1v) is 15.3. The summed E-state index contributed by atoms with van der Waals surface area (Å²) in [6.07, 6.45) is 0.315. The molecule has 11 nitrogen and oxygen atoms in total. The second-order valence-corrected chi connectivity index (χ2v) is 13.0. The molecule has 0 saturated carbocycles. The number of ether oxygens (including phenoxy) is 1. The van der Waals surface area contributed by atoms with E-state index in [0.29, 0.717) is 24.9 Å². The van der Waals surface area contributed by atoms with E-state index in [1.807, 2.05) is 68.4 Å². The lowest BCUT2D eigenvalue weighted by Crippen LogP contribution is -2.58. The van der Waals surface area contributed by atoms with Gasteiger partial charge >= 0.3 is 0 Å². The van der Waals surface area contributed by atoms with E-state index in [1.165, 1.54) is 4.90 Å². The van der Waals surface area contributed by atoms with Gasteiger partial charge in [-0.05, 0) is 36.5 Å².